The normalized spacial score (nSPS) is 16.1. The summed E-state index contributed by atoms with van der Waals surface area (Å²) >= 11 is 1.40. The number of carbonyl (C=O) groups is 1. The summed E-state index contributed by atoms with van der Waals surface area (Å²) in [6, 6.07) is 1.84. The number of hydrogen-bond acceptors (Lipinski definition) is 4. The summed E-state index contributed by atoms with van der Waals surface area (Å²) in [7, 11) is 1.70. The van der Waals surface area contributed by atoms with Gasteiger partial charge >= 0.3 is 0 Å². The number of amides is 1. The second kappa shape index (κ2) is 6.20. The van der Waals surface area contributed by atoms with Crippen molar-refractivity contribution in [2.75, 3.05) is 20.2 Å². The van der Waals surface area contributed by atoms with E-state index in [0.717, 1.165) is 24.8 Å². The molecular formula is C14H18N2O2S. The van der Waals surface area contributed by atoms with Gasteiger partial charge in [0, 0.05) is 19.2 Å². The fraction of sp³-hybridized carbons (Fsp3) is 0.500. The Hall–Kier alpha value is -1.35. The number of rotatable bonds is 4. The molecule has 4 nitrogen and oxygen atoms in total. The Morgan fingerprint density at radius 2 is 2.42 bits per heavy atom. The number of ether oxygens (including phenoxy) is 1. The van der Waals surface area contributed by atoms with Gasteiger partial charge in [-0.15, -0.1) is 11.3 Å². The minimum atomic E-state index is -0.157. The van der Waals surface area contributed by atoms with Gasteiger partial charge in [0.05, 0.1) is 12.1 Å². The van der Waals surface area contributed by atoms with Crippen molar-refractivity contribution >= 4 is 17.2 Å². The molecule has 0 atom stereocenters. The Labute approximate surface area is 117 Å². The molecule has 0 unspecified atom stereocenters. The molecule has 1 aromatic heterocycles. The summed E-state index contributed by atoms with van der Waals surface area (Å²) in [6.45, 7) is 0.855. The van der Waals surface area contributed by atoms with Crippen LogP contribution in [0, 0.1) is 11.8 Å². The number of methoxy groups -OCH3 is 1. The van der Waals surface area contributed by atoms with Crippen LogP contribution in [0.1, 0.15) is 34.5 Å². The molecule has 1 saturated carbocycles. The fourth-order valence-electron chi connectivity index (χ4n) is 2.08. The van der Waals surface area contributed by atoms with Gasteiger partial charge < -0.3 is 15.8 Å². The van der Waals surface area contributed by atoms with Gasteiger partial charge in [-0.05, 0) is 30.7 Å². The van der Waals surface area contributed by atoms with Crippen LogP contribution >= 0.6 is 11.3 Å². The first-order chi connectivity index (χ1) is 9.21. The van der Waals surface area contributed by atoms with Crippen LogP contribution in [0.4, 0.5) is 0 Å². The van der Waals surface area contributed by atoms with Crippen LogP contribution < -0.4 is 11.1 Å². The first-order valence-electron chi connectivity index (χ1n) is 6.30. The molecule has 0 bridgehead atoms. The average molecular weight is 278 g/mol. The predicted molar refractivity (Wildman–Crippen MR) is 76.2 cm³/mol. The molecular weight excluding hydrogens is 260 g/mol. The highest BCUT2D eigenvalue weighted by Crippen LogP contribution is 2.34. The molecule has 3 N–H and O–H groups in total. The average Bonchev–Trinajstić information content (AvgIpc) is 2.83. The molecule has 1 fully saturated rings. The highest BCUT2D eigenvalue weighted by Gasteiger charge is 2.37. The molecule has 0 aliphatic heterocycles. The molecule has 0 aromatic carbocycles. The number of nitrogens with two attached hydrogens (primary N) is 1. The highest BCUT2D eigenvalue weighted by molar-refractivity contribution is 7.12. The van der Waals surface area contributed by atoms with Gasteiger partial charge in [-0.25, -0.2) is 0 Å². The van der Waals surface area contributed by atoms with Crippen LogP contribution in [0.25, 0.3) is 0 Å². The molecule has 102 valence electrons. The lowest BCUT2D eigenvalue weighted by atomic mass is 9.80. The van der Waals surface area contributed by atoms with Gasteiger partial charge in [-0.2, -0.15) is 0 Å². The van der Waals surface area contributed by atoms with E-state index in [0.29, 0.717) is 18.0 Å². The van der Waals surface area contributed by atoms with E-state index >= 15 is 0 Å². The topological polar surface area (TPSA) is 64.3 Å². The lowest BCUT2D eigenvalue weighted by Crippen LogP contribution is -2.49. The third-order valence-corrected chi connectivity index (χ3v) is 4.38. The monoisotopic (exact) mass is 278 g/mol. The smallest absolute Gasteiger partial charge is 0.262 e. The van der Waals surface area contributed by atoms with Gasteiger partial charge in [0.2, 0.25) is 0 Å². The van der Waals surface area contributed by atoms with Crippen molar-refractivity contribution in [2.24, 2.45) is 5.73 Å². The number of hydrogen-bond donors (Lipinski definition) is 2. The van der Waals surface area contributed by atoms with E-state index in [9.17, 15) is 4.79 Å². The van der Waals surface area contributed by atoms with Crippen molar-refractivity contribution in [1.82, 2.24) is 5.32 Å². The van der Waals surface area contributed by atoms with Crippen molar-refractivity contribution in [3.05, 3.63) is 21.9 Å². The summed E-state index contributed by atoms with van der Waals surface area (Å²) in [5.74, 6) is 5.60. The van der Waals surface area contributed by atoms with E-state index in [4.69, 9.17) is 10.5 Å². The Morgan fingerprint density at radius 1 is 1.63 bits per heavy atom. The lowest BCUT2D eigenvalue weighted by molar-refractivity contribution is -0.0679. The number of nitrogens with one attached hydrogen (secondary N) is 1. The molecule has 19 heavy (non-hydrogen) atoms. The van der Waals surface area contributed by atoms with Crippen LogP contribution in [-0.2, 0) is 4.74 Å². The number of carbonyl (C=O) groups excluding carboxylic acids is 1. The van der Waals surface area contributed by atoms with Crippen LogP contribution in [0.15, 0.2) is 11.4 Å². The van der Waals surface area contributed by atoms with Crippen LogP contribution in [0.2, 0.25) is 0 Å². The quantitative estimate of drug-likeness (QED) is 0.817. The van der Waals surface area contributed by atoms with Gasteiger partial charge in [0.1, 0.15) is 4.88 Å². The molecule has 0 spiro atoms. The highest BCUT2D eigenvalue weighted by atomic mass is 32.1. The largest absolute Gasteiger partial charge is 0.376 e. The molecule has 1 aromatic rings. The molecule has 1 aliphatic carbocycles. The molecule has 5 heteroatoms. The van der Waals surface area contributed by atoms with E-state index in [2.05, 4.69) is 17.2 Å². The van der Waals surface area contributed by atoms with Gasteiger partial charge in [0.15, 0.2) is 0 Å². The summed E-state index contributed by atoms with van der Waals surface area (Å²) in [5.41, 5.74) is 5.93. The first kappa shape index (κ1) is 14.1. The maximum absolute atomic E-state index is 12.1. The Morgan fingerprint density at radius 3 is 3.00 bits per heavy atom. The second-order valence-corrected chi connectivity index (χ2v) is 5.51. The minimum Gasteiger partial charge on any atom is -0.376 e. The maximum Gasteiger partial charge on any atom is 0.262 e. The SMILES string of the molecule is COC1(CNC(=O)c2sccc2C#CCN)CCC1. The van der Waals surface area contributed by atoms with Crippen molar-refractivity contribution in [1.29, 1.82) is 0 Å². The van der Waals surface area contributed by atoms with Gasteiger partial charge in [-0.3, -0.25) is 4.79 Å². The van der Waals surface area contributed by atoms with E-state index in [1.54, 1.807) is 7.11 Å². The Balaban J connectivity index is 1.98. The van der Waals surface area contributed by atoms with Crippen molar-refractivity contribution in [3.8, 4) is 11.8 Å². The summed E-state index contributed by atoms with van der Waals surface area (Å²) < 4.78 is 5.48. The summed E-state index contributed by atoms with van der Waals surface area (Å²) in [4.78, 5) is 12.8. The number of thiophene rings is 1. The Bertz CT molecular complexity index is 503. The van der Waals surface area contributed by atoms with Crippen LogP contribution in [0.3, 0.4) is 0 Å². The molecule has 2 rings (SSSR count). The minimum absolute atomic E-state index is 0.0837. The Kier molecular flexibility index (Phi) is 4.59. The van der Waals surface area contributed by atoms with Crippen molar-refractivity contribution < 1.29 is 9.53 Å². The maximum atomic E-state index is 12.1. The fourth-order valence-corrected chi connectivity index (χ4v) is 2.84. The zero-order chi connectivity index (χ0) is 13.7. The molecule has 1 aliphatic rings. The standard InChI is InChI=1S/C14H18N2O2S/c1-18-14(6-3-7-14)10-16-13(17)12-11(4-2-8-15)5-9-19-12/h5,9H,3,6-8,10,15H2,1H3,(H,16,17). The lowest BCUT2D eigenvalue weighted by Gasteiger charge is -2.40. The van der Waals surface area contributed by atoms with Gasteiger partial charge in [-0.1, -0.05) is 11.8 Å². The molecule has 0 radical (unpaired) electrons. The van der Waals surface area contributed by atoms with Crippen LogP contribution in [0.5, 0.6) is 0 Å². The van der Waals surface area contributed by atoms with E-state index in [-0.39, 0.29) is 11.5 Å². The van der Waals surface area contributed by atoms with E-state index < -0.39 is 0 Å². The van der Waals surface area contributed by atoms with Crippen molar-refractivity contribution in [3.63, 3.8) is 0 Å². The van der Waals surface area contributed by atoms with Crippen molar-refractivity contribution in [2.45, 2.75) is 24.9 Å². The van der Waals surface area contributed by atoms with Crippen LogP contribution in [-0.4, -0.2) is 31.7 Å². The summed E-state index contributed by atoms with van der Waals surface area (Å²) in [5, 5.41) is 4.81. The van der Waals surface area contributed by atoms with E-state index in [1.165, 1.54) is 11.3 Å². The zero-order valence-electron chi connectivity index (χ0n) is 11.0. The zero-order valence-corrected chi connectivity index (χ0v) is 11.8. The predicted octanol–water partition coefficient (Wildman–Crippen LogP) is 1.36. The first-order valence-corrected chi connectivity index (χ1v) is 7.18. The third-order valence-electron chi connectivity index (χ3n) is 3.47. The summed E-state index contributed by atoms with van der Waals surface area (Å²) in [6.07, 6.45) is 3.18. The third kappa shape index (κ3) is 3.16. The van der Waals surface area contributed by atoms with E-state index in [1.807, 2.05) is 11.4 Å². The van der Waals surface area contributed by atoms with Gasteiger partial charge in [0.25, 0.3) is 5.91 Å². The molecule has 1 amide bonds. The molecule has 0 saturated heterocycles. The molecule has 1 heterocycles. The second-order valence-electron chi connectivity index (χ2n) is 4.59.